The number of rotatable bonds is 4. The van der Waals surface area contributed by atoms with Gasteiger partial charge in [-0.25, -0.2) is 8.78 Å². The molecule has 0 aromatic heterocycles. The Morgan fingerprint density at radius 3 is 2.67 bits per heavy atom. The van der Waals surface area contributed by atoms with Crippen LogP contribution in [-0.2, 0) is 10.8 Å². The number of hydrogen-bond acceptors (Lipinski definition) is 3. The van der Waals surface area contributed by atoms with Gasteiger partial charge in [-0.3, -0.25) is 9.00 Å². The molecule has 2 atom stereocenters. The second-order valence-electron chi connectivity index (χ2n) is 3.94. The first-order valence-electron chi connectivity index (χ1n) is 5.17. The van der Waals surface area contributed by atoms with Crippen LogP contribution >= 0.6 is 0 Å². The highest BCUT2D eigenvalue weighted by Gasteiger charge is 2.21. The van der Waals surface area contributed by atoms with E-state index < -0.39 is 39.9 Å². The van der Waals surface area contributed by atoms with Crippen molar-refractivity contribution in [2.75, 3.05) is 17.7 Å². The quantitative estimate of drug-likeness (QED) is 0.807. The molecule has 0 heterocycles. The molecule has 0 saturated carbocycles. The molecule has 1 aromatic carbocycles. The lowest BCUT2D eigenvalue weighted by molar-refractivity contribution is 0.0935. The van der Waals surface area contributed by atoms with Crippen LogP contribution in [0.15, 0.2) is 12.1 Å². The van der Waals surface area contributed by atoms with Crippen LogP contribution < -0.4 is 11.1 Å². The number of halogens is 2. The Morgan fingerprint density at radius 2 is 2.11 bits per heavy atom. The van der Waals surface area contributed by atoms with Gasteiger partial charge in [0.1, 0.15) is 11.4 Å². The van der Waals surface area contributed by atoms with E-state index in [2.05, 4.69) is 5.32 Å². The molecule has 100 valence electrons. The zero-order valence-corrected chi connectivity index (χ0v) is 10.8. The van der Waals surface area contributed by atoms with Crippen molar-refractivity contribution in [2.45, 2.75) is 13.0 Å². The normalized spacial score (nSPS) is 14.0. The Balaban J connectivity index is 2.91. The third kappa shape index (κ3) is 3.49. The summed E-state index contributed by atoms with van der Waals surface area (Å²) in [6.07, 6.45) is 1.48. The highest BCUT2D eigenvalue weighted by atomic mass is 32.2. The molecule has 0 aliphatic rings. The number of nitrogen functional groups attached to an aromatic ring is 1. The van der Waals surface area contributed by atoms with Crippen LogP contribution in [0.2, 0.25) is 0 Å². The fraction of sp³-hybridized carbons (Fsp3) is 0.364. The van der Waals surface area contributed by atoms with E-state index in [0.29, 0.717) is 0 Å². The number of nitrogens with two attached hydrogens (primary N) is 1. The molecule has 2 unspecified atom stereocenters. The number of benzene rings is 1. The summed E-state index contributed by atoms with van der Waals surface area (Å²) in [5.74, 6) is -2.77. The summed E-state index contributed by atoms with van der Waals surface area (Å²) in [7, 11) is -1.11. The Morgan fingerprint density at radius 1 is 1.50 bits per heavy atom. The molecule has 0 aliphatic carbocycles. The van der Waals surface area contributed by atoms with Crippen LogP contribution in [0, 0.1) is 11.6 Å². The minimum Gasteiger partial charge on any atom is -0.396 e. The summed E-state index contributed by atoms with van der Waals surface area (Å²) in [5, 5.41) is 2.37. The number of amides is 1. The van der Waals surface area contributed by atoms with Crippen LogP contribution in [-0.4, -0.2) is 28.2 Å². The van der Waals surface area contributed by atoms with Crippen molar-refractivity contribution < 1.29 is 17.8 Å². The highest BCUT2D eigenvalue weighted by molar-refractivity contribution is 7.84. The number of carbonyl (C=O) groups excluding carboxylic acids is 1. The number of carbonyl (C=O) groups is 1. The van der Waals surface area contributed by atoms with E-state index in [1.165, 1.54) is 6.26 Å². The average Bonchev–Trinajstić information content (AvgIpc) is 2.22. The van der Waals surface area contributed by atoms with Gasteiger partial charge in [0.15, 0.2) is 5.82 Å². The van der Waals surface area contributed by atoms with Crippen LogP contribution in [0.25, 0.3) is 0 Å². The Kier molecular flexibility index (Phi) is 4.77. The van der Waals surface area contributed by atoms with E-state index in [9.17, 15) is 17.8 Å². The molecule has 4 nitrogen and oxygen atoms in total. The summed E-state index contributed by atoms with van der Waals surface area (Å²) < 4.78 is 37.9. The zero-order chi connectivity index (χ0) is 13.9. The lowest BCUT2D eigenvalue weighted by atomic mass is 10.1. The second kappa shape index (κ2) is 5.90. The van der Waals surface area contributed by atoms with Crippen LogP contribution in [0.5, 0.6) is 0 Å². The van der Waals surface area contributed by atoms with Crippen molar-refractivity contribution in [3.63, 3.8) is 0 Å². The molecule has 18 heavy (non-hydrogen) atoms. The van der Waals surface area contributed by atoms with Crippen molar-refractivity contribution in [1.29, 1.82) is 0 Å². The van der Waals surface area contributed by atoms with E-state index in [0.717, 1.165) is 12.1 Å². The first-order chi connectivity index (χ1) is 8.32. The summed E-state index contributed by atoms with van der Waals surface area (Å²) in [4.78, 5) is 11.7. The molecule has 0 saturated heterocycles. The highest BCUT2D eigenvalue weighted by Crippen LogP contribution is 2.18. The Hall–Kier alpha value is -1.50. The molecule has 1 rings (SSSR count). The zero-order valence-electron chi connectivity index (χ0n) is 10.00. The van der Waals surface area contributed by atoms with Gasteiger partial charge < -0.3 is 11.1 Å². The van der Waals surface area contributed by atoms with E-state index in [4.69, 9.17) is 5.73 Å². The molecular weight excluding hydrogens is 262 g/mol. The number of hydrogen-bond donors (Lipinski definition) is 2. The maximum atomic E-state index is 13.5. The van der Waals surface area contributed by atoms with Crippen molar-refractivity contribution in [1.82, 2.24) is 5.32 Å². The van der Waals surface area contributed by atoms with Crippen molar-refractivity contribution in [3.05, 3.63) is 29.3 Å². The van der Waals surface area contributed by atoms with Gasteiger partial charge in [0.2, 0.25) is 0 Å². The fourth-order valence-corrected chi connectivity index (χ4v) is 2.25. The molecule has 0 radical (unpaired) electrons. The van der Waals surface area contributed by atoms with E-state index in [1.54, 1.807) is 6.92 Å². The van der Waals surface area contributed by atoms with E-state index >= 15 is 0 Å². The maximum absolute atomic E-state index is 13.5. The Labute approximate surface area is 106 Å². The summed E-state index contributed by atoms with van der Waals surface area (Å²) in [6.45, 7) is 1.60. The molecule has 0 aliphatic heterocycles. The first-order valence-corrected chi connectivity index (χ1v) is 6.90. The predicted octanol–water partition coefficient (Wildman–Crippen LogP) is 1.04. The van der Waals surface area contributed by atoms with Gasteiger partial charge in [0, 0.05) is 28.9 Å². The van der Waals surface area contributed by atoms with E-state index in [1.807, 2.05) is 0 Å². The minimum atomic E-state index is -1.11. The second-order valence-corrected chi connectivity index (χ2v) is 5.42. The molecule has 0 bridgehead atoms. The number of nitrogens with one attached hydrogen (secondary N) is 1. The monoisotopic (exact) mass is 276 g/mol. The maximum Gasteiger partial charge on any atom is 0.257 e. The topological polar surface area (TPSA) is 72.2 Å². The lowest BCUT2D eigenvalue weighted by Gasteiger charge is -2.13. The number of anilines is 1. The average molecular weight is 276 g/mol. The van der Waals surface area contributed by atoms with Gasteiger partial charge in [0.05, 0.1) is 5.69 Å². The predicted molar refractivity (Wildman–Crippen MR) is 66.6 cm³/mol. The smallest absolute Gasteiger partial charge is 0.257 e. The molecule has 1 amide bonds. The fourth-order valence-electron chi connectivity index (χ4n) is 1.47. The SMILES string of the molecule is CC(CS(C)=O)NC(=O)c1c(F)ccc(N)c1F. The van der Waals surface area contributed by atoms with Crippen molar-refractivity contribution >= 4 is 22.4 Å². The van der Waals surface area contributed by atoms with E-state index in [-0.39, 0.29) is 11.4 Å². The third-order valence-electron chi connectivity index (χ3n) is 2.21. The van der Waals surface area contributed by atoms with Crippen molar-refractivity contribution in [3.8, 4) is 0 Å². The van der Waals surface area contributed by atoms with Gasteiger partial charge in [-0.15, -0.1) is 0 Å². The molecular formula is C11H14F2N2O2S. The summed E-state index contributed by atoms with van der Waals surface area (Å²) in [5.41, 5.74) is 4.25. The van der Waals surface area contributed by atoms with Gasteiger partial charge in [-0.1, -0.05) is 0 Å². The van der Waals surface area contributed by atoms with Crippen molar-refractivity contribution in [2.24, 2.45) is 0 Å². The van der Waals surface area contributed by atoms with Gasteiger partial charge >= 0.3 is 0 Å². The minimum absolute atomic E-state index is 0.206. The third-order valence-corrected chi connectivity index (χ3v) is 3.18. The molecule has 0 spiro atoms. The standard InChI is InChI=1S/C11H14F2N2O2S/c1-6(5-18(2)17)15-11(16)9-7(12)3-4-8(14)10(9)13/h3-4,6H,5,14H2,1-2H3,(H,15,16). The first kappa shape index (κ1) is 14.6. The Bertz CT molecular complexity index is 494. The van der Waals surface area contributed by atoms with Crippen LogP contribution in [0.4, 0.5) is 14.5 Å². The van der Waals surface area contributed by atoms with Gasteiger partial charge in [-0.05, 0) is 19.1 Å². The largest absolute Gasteiger partial charge is 0.396 e. The molecule has 0 fully saturated rings. The van der Waals surface area contributed by atoms with Crippen LogP contribution in [0.3, 0.4) is 0 Å². The molecule has 3 N–H and O–H groups in total. The molecule has 1 aromatic rings. The van der Waals surface area contributed by atoms with Gasteiger partial charge in [0.25, 0.3) is 5.91 Å². The summed E-state index contributed by atoms with van der Waals surface area (Å²) >= 11 is 0. The molecule has 7 heteroatoms. The lowest BCUT2D eigenvalue weighted by Crippen LogP contribution is -2.37. The summed E-state index contributed by atoms with van der Waals surface area (Å²) in [6, 6.07) is 1.52. The van der Waals surface area contributed by atoms with Gasteiger partial charge in [-0.2, -0.15) is 0 Å². The van der Waals surface area contributed by atoms with Crippen LogP contribution in [0.1, 0.15) is 17.3 Å².